The monoisotopic (exact) mass is 293 g/mol. The van der Waals surface area contributed by atoms with Gasteiger partial charge >= 0.3 is 5.97 Å². The maximum atomic E-state index is 12.4. The third kappa shape index (κ3) is 3.12. The van der Waals surface area contributed by atoms with Gasteiger partial charge in [-0.3, -0.25) is 4.79 Å². The van der Waals surface area contributed by atoms with Gasteiger partial charge in [0.2, 0.25) is 0 Å². The summed E-state index contributed by atoms with van der Waals surface area (Å²) < 4.78 is 7.49. The van der Waals surface area contributed by atoms with Crippen molar-refractivity contribution < 1.29 is 9.53 Å². The number of hydrogen-bond donors (Lipinski definition) is 1. The van der Waals surface area contributed by atoms with Crippen molar-refractivity contribution in [1.82, 2.24) is 9.55 Å². The molecule has 0 aliphatic carbocycles. The van der Waals surface area contributed by atoms with Gasteiger partial charge in [0, 0.05) is 32.1 Å². The smallest absolute Gasteiger partial charge is 0.314 e. The topological polar surface area (TPSA) is 70.1 Å². The Bertz CT molecular complexity index is 472. The highest BCUT2D eigenvalue weighted by Gasteiger charge is 2.42. The number of hydrogen-bond acceptors (Lipinski definition) is 4. The van der Waals surface area contributed by atoms with Crippen molar-refractivity contribution in [1.29, 1.82) is 0 Å². The fourth-order valence-corrected chi connectivity index (χ4v) is 3.06. The first-order chi connectivity index (χ1) is 10.0. The second kappa shape index (κ2) is 6.60. The average Bonchev–Trinajstić information content (AvgIpc) is 2.86. The van der Waals surface area contributed by atoms with E-state index < -0.39 is 5.41 Å². The summed E-state index contributed by atoms with van der Waals surface area (Å²) in [5.74, 6) is 1.04. The van der Waals surface area contributed by atoms with E-state index in [1.54, 1.807) is 0 Å². The first kappa shape index (κ1) is 16.0. The van der Waals surface area contributed by atoms with E-state index in [0.29, 0.717) is 13.0 Å². The molecule has 5 heteroatoms. The Kier molecular flexibility index (Phi) is 5.04. The van der Waals surface area contributed by atoms with Crippen LogP contribution in [-0.2, 0) is 28.9 Å². The highest BCUT2D eigenvalue weighted by Crippen LogP contribution is 2.33. The minimum absolute atomic E-state index is 0.111. The van der Waals surface area contributed by atoms with Crippen molar-refractivity contribution in [3.05, 3.63) is 17.7 Å². The Balaban J connectivity index is 2.25. The molecule has 1 atom stereocenters. The van der Waals surface area contributed by atoms with E-state index in [1.807, 2.05) is 20.8 Å². The Morgan fingerprint density at radius 1 is 1.52 bits per heavy atom. The Morgan fingerprint density at radius 2 is 2.29 bits per heavy atom. The summed E-state index contributed by atoms with van der Waals surface area (Å²) in [7, 11) is 0. The fraction of sp³-hybridized carbons (Fsp3) is 0.750. The lowest BCUT2D eigenvalue weighted by atomic mass is 9.73. The summed E-state index contributed by atoms with van der Waals surface area (Å²) in [5.41, 5.74) is 6.25. The molecule has 0 spiro atoms. The Morgan fingerprint density at radius 3 is 2.86 bits per heavy atom. The third-order valence-electron chi connectivity index (χ3n) is 4.61. The molecule has 0 amide bonds. The predicted molar refractivity (Wildman–Crippen MR) is 81.8 cm³/mol. The van der Waals surface area contributed by atoms with Gasteiger partial charge in [-0.1, -0.05) is 13.8 Å². The van der Waals surface area contributed by atoms with Crippen LogP contribution in [-0.4, -0.2) is 28.7 Å². The van der Waals surface area contributed by atoms with Crippen LogP contribution in [0.3, 0.4) is 0 Å². The molecule has 5 nitrogen and oxygen atoms in total. The highest BCUT2D eigenvalue weighted by atomic mass is 16.5. The van der Waals surface area contributed by atoms with Gasteiger partial charge in [0.15, 0.2) is 0 Å². The molecular formula is C16H27N3O2. The number of fused-ring (bicyclic) bond motifs is 1. The average molecular weight is 293 g/mol. The molecule has 0 radical (unpaired) electrons. The van der Waals surface area contributed by atoms with Gasteiger partial charge < -0.3 is 15.0 Å². The number of imidazole rings is 1. The van der Waals surface area contributed by atoms with Gasteiger partial charge in [-0.05, 0) is 25.7 Å². The summed E-state index contributed by atoms with van der Waals surface area (Å²) in [4.78, 5) is 17.2. The first-order valence-electron chi connectivity index (χ1n) is 7.95. The van der Waals surface area contributed by atoms with Gasteiger partial charge in [0.25, 0.3) is 0 Å². The maximum absolute atomic E-state index is 12.4. The molecule has 2 rings (SSSR count). The van der Waals surface area contributed by atoms with Gasteiger partial charge in [0.05, 0.1) is 17.7 Å². The van der Waals surface area contributed by atoms with Gasteiger partial charge in [-0.15, -0.1) is 0 Å². The molecule has 0 saturated carbocycles. The number of rotatable bonds is 6. The SMILES string of the molecule is CCOC(=O)C(CN)(Cc1cn2c(n1)CCCC2)C(C)C. The first-order valence-corrected chi connectivity index (χ1v) is 7.95. The molecule has 1 unspecified atom stereocenters. The number of aromatic nitrogens is 2. The molecule has 0 aromatic carbocycles. The third-order valence-corrected chi connectivity index (χ3v) is 4.61. The second-order valence-corrected chi connectivity index (χ2v) is 6.21. The maximum Gasteiger partial charge on any atom is 0.314 e. The molecule has 1 aliphatic rings. The fourth-order valence-electron chi connectivity index (χ4n) is 3.06. The van der Waals surface area contributed by atoms with Crippen LogP contribution < -0.4 is 5.73 Å². The second-order valence-electron chi connectivity index (χ2n) is 6.21. The molecule has 1 aromatic heterocycles. The zero-order valence-corrected chi connectivity index (χ0v) is 13.4. The normalized spacial score (nSPS) is 17.4. The van der Waals surface area contributed by atoms with E-state index in [1.165, 1.54) is 12.8 Å². The number of ether oxygens (including phenoxy) is 1. The van der Waals surface area contributed by atoms with E-state index in [4.69, 9.17) is 15.5 Å². The number of esters is 1. The van der Waals surface area contributed by atoms with Crippen LogP contribution in [0.2, 0.25) is 0 Å². The molecular weight excluding hydrogens is 266 g/mol. The highest BCUT2D eigenvalue weighted by molar-refractivity contribution is 5.78. The summed E-state index contributed by atoms with van der Waals surface area (Å²) in [6, 6.07) is 0. The van der Waals surface area contributed by atoms with Crippen LogP contribution in [0.25, 0.3) is 0 Å². The standard InChI is InChI=1S/C16H27N3O2/c1-4-21-15(20)16(11-17,12(2)3)9-13-10-19-8-6-5-7-14(19)18-13/h10,12H,4-9,11,17H2,1-3H3. The summed E-state index contributed by atoms with van der Waals surface area (Å²) >= 11 is 0. The van der Waals surface area contributed by atoms with Crippen LogP contribution in [0.4, 0.5) is 0 Å². The van der Waals surface area contributed by atoms with Crippen LogP contribution in [0.1, 0.15) is 45.1 Å². The number of aryl methyl sites for hydroxylation is 2. The lowest BCUT2D eigenvalue weighted by Crippen LogP contribution is -2.46. The van der Waals surface area contributed by atoms with Gasteiger partial charge in [-0.2, -0.15) is 0 Å². The van der Waals surface area contributed by atoms with Gasteiger partial charge in [0.1, 0.15) is 5.82 Å². The zero-order valence-electron chi connectivity index (χ0n) is 13.4. The van der Waals surface area contributed by atoms with Crippen LogP contribution in [0, 0.1) is 11.3 Å². The summed E-state index contributed by atoms with van der Waals surface area (Å²) in [6.45, 7) is 7.58. The zero-order chi connectivity index (χ0) is 15.5. The predicted octanol–water partition coefficient (Wildman–Crippen LogP) is 1.93. The van der Waals surface area contributed by atoms with Crippen LogP contribution in [0.5, 0.6) is 0 Å². The summed E-state index contributed by atoms with van der Waals surface area (Å²) in [6.07, 6.45) is 6.06. The minimum atomic E-state index is -0.680. The molecule has 0 fully saturated rings. The van der Waals surface area contributed by atoms with Crippen molar-refractivity contribution in [3.8, 4) is 0 Å². The number of carbonyl (C=O) groups is 1. The van der Waals surface area contributed by atoms with Crippen molar-refractivity contribution in [2.75, 3.05) is 13.2 Å². The molecule has 0 bridgehead atoms. The lowest BCUT2D eigenvalue weighted by molar-refractivity contribution is -0.157. The number of nitrogens with zero attached hydrogens (tertiary/aromatic N) is 2. The number of carbonyl (C=O) groups excluding carboxylic acids is 1. The van der Waals surface area contributed by atoms with Crippen molar-refractivity contribution in [2.45, 2.75) is 53.0 Å². The van der Waals surface area contributed by atoms with E-state index in [9.17, 15) is 4.79 Å². The molecule has 1 aliphatic heterocycles. The van der Waals surface area contributed by atoms with Crippen molar-refractivity contribution >= 4 is 5.97 Å². The van der Waals surface area contributed by atoms with Crippen molar-refractivity contribution in [3.63, 3.8) is 0 Å². The molecule has 2 heterocycles. The van der Waals surface area contributed by atoms with Crippen LogP contribution in [0.15, 0.2) is 6.20 Å². The minimum Gasteiger partial charge on any atom is -0.466 e. The molecule has 2 N–H and O–H groups in total. The van der Waals surface area contributed by atoms with E-state index in [2.05, 4.69) is 10.8 Å². The molecule has 1 aromatic rings. The van der Waals surface area contributed by atoms with E-state index >= 15 is 0 Å². The quantitative estimate of drug-likeness (QED) is 0.814. The Hall–Kier alpha value is -1.36. The van der Waals surface area contributed by atoms with Crippen LogP contribution >= 0.6 is 0 Å². The lowest BCUT2D eigenvalue weighted by Gasteiger charge is -2.33. The van der Waals surface area contributed by atoms with Gasteiger partial charge in [-0.25, -0.2) is 4.98 Å². The van der Waals surface area contributed by atoms with E-state index in [-0.39, 0.29) is 18.4 Å². The Labute approximate surface area is 126 Å². The van der Waals surface area contributed by atoms with E-state index in [0.717, 1.165) is 24.5 Å². The molecule has 0 saturated heterocycles. The molecule has 118 valence electrons. The largest absolute Gasteiger partial charge is 0.466 e. The number of nitrogens with two attached hydrogens (primary N) is 1. The molecule has 21 heavy (non-hydrogen) atoms. The summed E-state index contributed by atoms with van der Waals surface area (Å²) in [5, 5.41) is 0. The van der Waals surface area contributed by atoms with Crippen molar-refractivity contribution in [2.24, 2.45) is 17.1 Å².